The average Bonchev–Trinajstić information content (AvgIpc) is 3.19. The summed E-state index contributed by atoms with van der Waals surface area (Å²) < 4.78 is 46.9. The number of anilines is 1. The maximum Gasteiger partial charge on any atom is 0.322 e. The highest BCUT2D eigenvalue weighted by Crippen LogP contribution is 2.21. The van der Waals surface area contributed by atoms with Gasteiger partial charge in [-0.3, -0.25) is 9.78 Å². The minimum absolute atomic E-state index is 0.180. The summed E-state index contributed by atoms with van der Waals surface area (Å²) >= 11 is 0. The van der Waals surface area contributed by atoms with Gasteiger partial charge in [-0.2, -0.15) is 0 Å². The van der Waals surface area contributed by atoms with Crippen LogP contribution >= 0.6 is 0 Å². The highest BCUT2D eigenvalue weighted by atomic mass is 32.3. The summed E-state index contributed by atoms with van der Waals surface area (Å²) in [4.78, 5) is 30.7. The van der Waals surface area contributed by atoms with E-state index in [1.54, 1.807) is 35.4 Å². The Balaban J connectivity index is 1.43. The number of aromatic nitrogens is 1. The Morgan fingerprint density at radius 3 is 2.29 bits per heavy atom. The number of amides is 3. The van der Waals surface area contributed by atoms with E-state index in [1.807, 2.05) is 12.1 Å². The molecule has 34 heavy (non-hydrogen) atoms. The molecule has 0 unspecified atom stereocenters. The maximum atomic E-state index is 12.5. The topological polar surface area (TPSA) is 146 Å². The molecule has 0 saturated carbocycles. The zero-order valence-corrected chi connectivity index (χ0v) is 20.5. The van der Waals surface area contributed by atoms with Crippen LogP contribution in [-0.4, -0.2) is 68.0 Å². The number of hydrogen-bond donors (Lipinski definition) is 2. The van der Waals surface area contributed by atoms with Crippen molar-refractivity contribution in [1.82, 2.24) is 18.9 Å². The molecule has 0 spiro atoms. The second-order valence-corrected chi connectivity index (χ2v) is 12.0. The zero-order valence-electron chi connectivity index (χ0n) is 18.9. The number of benzene rings is 1. The second kappa shape index (κ2) is 10.5. The largest absolute Gasteiger partial charge is 0.352 e. The van der Waals surface area contributed by atoms with Gasteiger partial charge in [0.25, 0.3) is 5.91 Å². The first-order chi connectivity index (χ1) is 15.9. The first-order valence-electron chi connectivity index (χ1n) is 10.5. The number of sulfonamides is 2. The third kappa shape index (κ3) is 6.74. The number of nitrogens with zero attached hydrogens (tertiary/aromatic N) is 3. The van der Waals surface area contributed by atoms with Crippen molar-refractivity contribution < 1.29 is 26.4 Å². The molecule has 2 N–H and O–H groups in total. The van der Waals surface area contributed by atoms with Crippen LogP contribution in [0.15, 0.2) is 42.6 Å². The number of urea groups is 1. The van der Waals surface area contributed by atoms with Gasteiger partial charge in [-0.05, 0) is 48.7 Å². The number of rotatable bonds is 9. The van der Waals surface area contributed by atoms with Crippen molar-refractivity contribution in [3.8, 4) is 0 Å². The van der Waals surface area contributed by atoms with Gasteiger partial charge >= 0.3 is 6.03 Å². The number of carbonyl (C=O) groups excluding carboxylic acids is 2. The van der Waals surface area contributed by atoms with E-state index in [0.717, 1.165) is 23.8 Å². The third-order valence-electron chi connectivity index (χ3n) is 5.16. The summed E-state index contributed by atoms with van der Waals surface area (Å²) in [7, 11) is -7.76. The Morgan fingerprint density at radius 1 is 1.00 bits per heavy atom. The van der Waals surface area contributed by atoms with Crippen molar-refractivity contribution in [3.63, 3.8) is 0 Å². The highest BCUT2D eigenvalue weighted by Gasteiger charge is 2.26. The molecule has 13 heteroatoms. The molecule has 0 saturated heterocycles. The standard InChI is InChI=1S/C21H27N5O6S2/c1-33(29,30)26(34(2,31)32)13-4-3-11-23-20(27)16-7-9-18(10-8-16)24-21(28)25-14-17-6-5-12-22-19(17)15-25/h5-10,12H,3-4,11,13-15H2,1-2H3,(H,23,27)(H,24,28). The first-order valence-corrected chi connectivity index (χ1v) is 14.2. The van der Waals surface area contributed by atoms with Crippen molar-refractivity contribution in [2.75, 3.05) is 30.9 Å². The summed E-state index contributed by atoms with van der Waals surface area (Å²) in [5, 5.41) is 5.51. The molecule has 3 rings (SSSR count). The summed E-state index contributed by atoms with van der Waals surface area (Å²) in [6.45, 7) is 0.999. The van der Waals surface area contributed by atoms with Gasteiger partial charge in [-0.15, -0.1) is 0 Å². The van der Waals surface area contributed by atoms with Crippen molar-refractivity contribution in [2.45, 2.75) is 25.9 Å². The summed E-state index contributed by atoms with van der Waals surface area (Å²) in [6, 6.07) is 9.95. The lowest BCUT2D eigenvalue weighted by atomic mass is 10.2. The molecule has 0 fully saturated rings. The minimum Gasteiger partial charge on any atom is -0.352 e. The lowest BCUT2D eigenvalue weighted by Crippen LogP contribution is -2.36. The van der Waals surface area contributed by atoms with Crippen LogP contribution in [0.5, 0.6) is 0 Å². The predicted molar refractivity (Wildman–Crippen MR) is 127 cm³/mol. The number of fused-ring (bicyclic) bond motifs is 1. The molecule has 1 aromatic carbocycles. The molecule has 1 aliphatic heterocycles. The smallest absolute Gasteiger partial charge is 0.322 e. The Kier molecular flexibility index (Phi) is 7.89. The van der Waals surface area contributed by atoms with Crippen molar-refractivity contribution >= 4 is 37.7 Å². The predicted octanol–water partition coefficient (Wildman–Crippen LogP) is 1.36. The lowest BCUT2D eigenvalue weighted by molar-refractivity contribution is 0.0953. The summed E-state index contributed by atoms with van der Waals surface area (Å²) in [6.07, 6.45) is 4.03. The molecule has 11 nitrogen and oxygen atoms in total. The molecular weight excluding hydrogens is 482 g/mol. The zero-order chi connectivity index (χ0) is 24.9. The Bertz CT molecular complexity index is 1210. The molecule has 2 heterocycles. The Morgan fingerprint density at radius 2 is 1.68 bits per heavy atom. The van der Waals surface area contributed by atoms with Gasteiger partial charge in [-0.25, -0.2) is 21.6 Å². The Hall–Kier alpha value is -3.03. The fraction of sp³-hybridized carbons (Fsp3) is 0.381. The first kappa shape index (κ1) is 25.6. The number of unbranched alkanes of at least 4 members (excludes halogenated alkanes) is 1. The van der Waals surface area contributed by atoms with Crippen LogP contribution in [0.4, 0.5) is 10.5 Å². The monoisotopic (exact) mass is 509 g/mol. The van der Waals surface area contributed by atoms with Gasteiger partial charge in [0.15, 0.2) is 0 Å². The molecule has 0 atom stereocenters. The van der Waals surface area contributed by atoms with Gasteiger partial charge in [0.1, 0.15) is 0 Å². The van der Waals surface area contributed by atoms with Gasteiger partial charge < -0.3 is 15.5 Å². The van der Waals surface area contributed by atoms with Gasteiger partial charge in [0.05, 0.1) is 24.8 Å². The molecule has 1 aromatic heterocycles. The van der Waals surface area contributed by atoms with Gasteiger partial charge in [0, 0.05) is 37.1 Å². The molecule has 0 aliphatic carbocycles. The van der Waals surface area contributed by atoms with E-state index in [4.69, 9.17) is 0 Å². The van der Waals surface area contributed by atoms with E-state index >= 15 is 0 Å². The highest BCUT2D eigenvalue weighted by molar-refractivity contribution is 8.03. The van der Waals surface area contributed by atoms with Crippen LogP contribution in [0.2, 0.25) is 0 Å². The molecule has 0 radical (unpaired) electrons. The number of nitrogens with one attached hydrogen (secondary N) is 2. The third-order valence-corrected chi connectivity index (χ3v) is 8.63. The van der Waals surface area contributed by atoms with Crippen LogP contribution in [0.25, 0.3) is 0 Å². The summed E-state index contributed by atoms with van der Waals surface area (Å²) in [5.41, 5.74) is 2.84. The maximum absolute atomic E-state index is 12.5. The van der Waals surface area contributed by atoms with E-state index in [9.17, 15) is 26.4 Å². The van der Waals surface area contributed by atoms with Crippen molar-refractivity contribution in [2.24, 2.45) is 0 Å². The van der Waals surface area contributed by atoms with E-state index in [1.165, 1.54) is 0 Å². The summed E-state index contributed by atoms with van der Waals surface area (Å²) in [5.74, 6) is -0.331. The lowest BCUT2D eigenvalue weighted by Gasteiger charge is -2.17. The minimum atomic E-state index is -3.88. The molecule has 0 bridgehead atoms. The second-order valence-electron chi connectivity index (χ2n) is 7.96. The van der Waals surface area contributed by atoms with E-state index in [2.05, 4.69) is 15.6 Å². The van der Waals surface area contributed by atoms with Crippen LogP contribution in [0, 0.1) is 0 Å². The van der Waals surface area contributed by atoms with Crippen LogP contribution in [-0.2, 0) is 33.1 Å². The number of carbonyl (C=O) groups is 2. The van der Waals surface area contributed by atoms with Crippen molar-refractivity contribution in [3.05, 3.63) is 59.4 Å². The molecule has 184 valence electrons. The fourth-order valence-electron chi connectivity index (χ4n) is 3.50. The van der Waals surface area contributed by atoms with Gasteiger partial charge in [-0.1, -0.05) is 9.78 Å². The SMILES string of the molecule is CS(=O)(=O)N(CCCCNC(=O)c1ccc(NC(=O)N2Cc3cccnc3C2)cc1)S(C)(=O)=O. The van der Waals surface area contributed by atoms with Crippen LogP contribution in [0.3, 0.4) is 0 Å². The van der Waals surface area contributed by atoms with Crippen LogP contribution in [0.1, 0.15) is 34.5 Å². The molecule has 2 aromatic rings. The average molecular weight is 510 g/mol. The van der Waals surface area contributed by atoms with E-state index < -0.39 is 20.0 Å². The number of hydrogen-bond acceptors (Lipinski definition) is 7. The van der Waals surface area contributed by atoms with E-state index in [-0.39, 0.29) is 31.4 Å². The number of pyridine rings is 1. The van der Waals surface area contributed by atoms with Gasteiger partial charge in [0.2, 0.25) is 20.0 Å². The molecule has 1 aliphatic rings. The fourth-order valence-corrected chi connectivity index (χ4v) is 6.39. The molecule has 3 amide bonds. The van der Waals surface area contributed by atoms with E-state index in [0.29, 0.717) is 34.5 Å². The van der Waals surface area contributed by atoms with Crippen LogP contribution < -0.4 is 10.6 Å². The Labute approximate surface area is 199 Å². The quantitative estimate of drug-likeness (QED) is 0.485. The van der Waals surface area contributed by atoms with Crippen molar-refractivity contribution in [1.29, 1.82) is 0 Å². The normalized spacial score (nSPS) is 13.6. The molecular formula is C21H27N5O6S2.